The molecule has 3 aromatic rings. The summed E-state index contributed by atoms with van der Waals surface area (Å²) in [7, 11) is 1.54. The number of likely N-dealkylation sites (tertiary alicyclic amines) is 1. The van der Waals surface area contributed by atoms with Crippen LogP contribution in [0.4, 0.5) is 5.69 Å². The number of aromatic amines is 1. The van der Waals surface area contributed by atoms with Crippen molar-refractivity contribution < 1.29 is 19.1 Å². The molecule has 2 saturated heterocycles. The highest BCUT2D eigenvalue weighted by Gasteiger charge is 2.70. The molecule has 3 N–H and O–H groups in total. The lowest BCUT2D eigenvalue weighted by atomic mass is 9.76. The molecule has 4 atom stereocenters. The van der Waals surface area contributed by atoms with E-state index in [9.17, 15) is 14.4 Å². The molecule has 0 radical (unpaired) electrons. The molecule has 174 valence electrons. The predicted octanol–water partition coefficient (Wildman–Crippen LogP) is 2.09. The smallest absolute Gasteiger partial charge is 0.250 e. The Kier molecular flexibility index (Phi) is 4.65. The van der Waals surface area contributed by atoms with Crippen molar-refractivity contribution in [1.82, 2.24) is 15.2 Å². The SMILES string of the molecule is COCCN1C(=O)[C@@H]2[C@H](Cc3c[nH]c4ccccc34)N[C@@]3(C(=O)Nc4c(C)cccc43)[C@@H]2C1=O. The number of anilines is 1. The Morgan fingerprint density at radius 2 is 1.88 bits per heavy atom. The number of nitrogens with zero attached hydrogens (tertiary/aromatic N) is 1. The summed E-state index contributed by atoms with van der Waals surface area (Å²) in [6.07, 6.45) is 2.46. The van der Waals surface area contributed by atoms with E-state index in [1.807, 2.05) is 55.6 Å². The van der Waals surface area contributed by atoms with Crippen molar-refractivity contribution in [2.24, 2.45) is 11.8 Å². The average Bonchev–Trinajstić information content (AvgIpc) is 3.54. The van der Waals surface area contributed by atoms with Gasteiger partial charge in [0.05, 0.1) is 25.0 Å². The van der Waals surface area contributed by atoms with E-state index in [2.05, 4.69) is 15.6 Å². The number of methoxy groups -OCH3 is 1. The van der Waals surface area contributed by atoms with E-state index in [1.54, 1.807) is 0 Å². The third-order valence-corrected chi connectivity index (χ3v) is 7.68. The number of hydrogen-bond acceptors (Lipinski definition) is 5. The molecular weight excluding hydrogens is 432 g/mol. The minimum atomic E-state index is -1.28. The van der Waals surface area contributed by atoms with E-state index >= 15 is 0 Å². The number of ether oxygens (including phenoxy) is 1. The van der Waals surface area contributed by atoms with Gasteiger partial charge >= 0.3 is 0 Å². The maximum absolute atomic E-state index is 13.7. The van der Waals surface area contributed by atoms with Gasteiger partial charge in [0.25, 0.3) is 0 Å². The van der Waals surface area contributed by atoms with Gasteiger partial charge in [-0.15, -0.1) is 0 Å². The van der Waals surface area contributed by atoms with Gasteiger partial charge in [-0.2, -0.15) is 0 Å². The van der Waals surface area contributed by atoms with Crippen molar-refractivity contribution in [2.75, 3.05) is 25.6 Å². The van der Waals surface area contributed by atoms with Gasteiger partial charge in [0, 0.05) is 41.5 Å². The Balaban J connectivity index is 1.47. The van der Waals surface area contributed by atoms with Crippen molar-refractivity contribution >= 4 is 34.3 Å². The summed E-state index contributed by atoms with van der Waals surface area (Å²) in [5.41, 5.74) is 3.16. The van der Waals surface area contributed by atoms with Crippen LogP contribution in [0.2, 0.25) is 0 Å². The maximum atomic E-state index is 13.7. The van der Waals surface area contributed by atoms with E-state index in [-0.39, 0.29) is 36.9 Å². The summed E-state index contributed by atoms with van der Waals surface area (Å²) >= 11 is 0. The number of nitrogens with one attached hydrogen (secondary N) is 3. The molecule has 8 heteroatoms. The second-order valence-corrected chi connectivity index (χ2v) is 9.40. The molecule has 8 nitrogen and oxygen atoms in total. The number of aromatic nitrogens is 1. The van der Waals surface area contributed by atoms with Crippen molar-refractivity contribution in [2.45, 2.75) is 24.9 Å². The first-order valence-corrected chi connectivity index (χ1v) is 11.6. The van der Waals surface area contributed by atoms with E-state index in [1.165, 1.54) is 12.0 Å². The van der Waals surface area contributed by atoms with Gasteiger partial charge in [0.2, 0.25) is 17.7 Å². The summed E-state index contributed by atoms with van der Waals surface area (Å²) in [6, 6.07) is 13.3. The highest BCUT2D eigenvalue weighted by atomic mass is 16.5. The molecule has 2 aromatic carbocycles. The number of imide groups is 1. The highest BCUT2D eigenvalue weighted by molar-refractivity contribution is 6.15. The zero-order chi connectivity index (χ0) is 23.6. The van der Waals surface area contributed by atoms with E-state index in [0.29, 0.717) is 6.42 Å². The number of rotatable bonds is 5. The van der Waals surface area contributed by atoms with Crippen LogP contribution in [0.5, 0.6) is 0 Å². The van der Waals surface area contributed by atoms with Crippen LogP contribution in [0.25, 0.3) is 10.9 Å². The predicted molar refractivity (Wildman–Crippen MR) is 126 cm³/mol. The zero-order valence-electron chi connectivity index (χ0n) is 19.1. The fraction of sp³-hybridized carbons (Fsp3) is 0.346. The number of fused-ring (bicyclic) bond motifs is 5. The molecule has 4 heterocycles. The highest BCUT2D eigenvalue weighted by Crippen LogP contribution is 2.53. The molecule has 2 fully saturated rings. The first-order chi connectivity index (χ1) is 16.5. The third-order valence-electron chi connectivity index (χ3n) is 7.68. The quantitative estimate of drug-likeness (QED) is 0.508. The number of H-pyrrole nitrogens is 1. The molecular formula is C26H26N4O4. The molecule has 3 aliphatic rings. The summed E-state index contributed by atoms with van der Waals surface area (Å²) in [5.74, 6) is -2.28. The van der Waals surface area contributed by atoms with Gasteiger partial charge in [0.15, 0.2) is 0 Å². The standard InChI is InChI=1S/C26H26N4O4/c1-14-6-5-8-17-22(14)28-25(33)26(17)21-20(23(31)30(24(21)32)10-11-34-2)19(29-26)12-15-13-27-18-9-4-3-7-16(15)18/h3-9,13,19-21,27,29H,10-12H2,1-2H3,(H,28,33)/t19-,20+,21-,26+/m0/s1. The number of aryl methyl sites for hydroxylation is 1. The first-order valence-electron chi connectivity index (χ1n) is 11.6. The fourth-order valence-electron chi connectivity index (χ4n) is 6.15. The van der Waals surface area contributed by atoms with Crippen LogP contribution in [0, 0.1) is 18.8 Å². The van der Waals surface area contributed by atoms with Gasteiger partial charge in [0.1, 0.15) is 5.54 Å². The summed E-state index contributed by atoms with van der Waals surface area (Å²) in [6.45, 7) is 2.37. The second kappa shape index (κ2) is 7.51. The van der Waals surface area contributed by atoms with E-state index in [4.69, 9.17) is 4.74 Å². The molecule has 0 aliphatic carbocycles. The zero-order valence-corrected chi connectivity index (χ0v) is 19.1. The monoisotopic (exact) mass is 458 g/mol. The van der Waals surface area contributed by atoms with Crippen molar-refractivity contribution in [1.29, 1.82) is 0 Å². The van der Waals surface area contributed by atoms with Crippen LogP contribution >= 0.6 is 0 Å². The molecule has 0 bridgehead atoms. The fourth-order valence-corrected chi connectivity index (χ4v) is 6.15. The summed E-state index contributed by atoms with van der Waals surface area (Å²) in [4.78, 5) is 45.5. The van der Waals surface area contributed by atoms with Crippen LogP contribution < -0.4 is 10.6 Å². The molecule has 0 saturated carbocycles. The van der Waals surface area contributed by atoms with Crippen LogP contribution in [0.3, 0.4) is 0 Å². The normalized spacial score (nSPS) is 27.6. The Labute approximate surface area is 196 Å². The molecule has 3 amide bonds. The molecule has 6 rings (SSSR count). The minimum absolute atomic E-state index is 0.180. The van der Waals surface area contributed by atoms with Gasteiger partial charge in [-0.05, 0) is 30.5 Å². The minimum Gasteiger partial charge on any atom is -0.383 e. The van der Waals surface area contributed by atoms with E-state index < -0.39 is 17.4 Å². The third kappa shape index (κ3) is 2.69. The van der Waals surface area contributed by atoms with Crippen molar-refractivity contribution in [3.63, 3.8) is 0 Å². The maximum Gasteiger partial charge on any atom is 0.250 e. The molecule has 0 unspecified atom stereocenters. The average molecular weight is 459 g/mol. The van der Waals surface area contributed by atoms with Crippen LogP contribution in [-0.2, 0) is 31.1 Å². The Bertz CT molecular complexity index is 1350. The second-order valence-electron chi connectivity index (χ2n) is 9.40. The molecule has 1 spiro atoms. The van der Waals surface area contributed by atoms with Gasteiger partial charge in [-0.3, -0.25) is 24.6 Å². The number of hydrogen-bond donors (Lipinski definition) is 3. The van der Waals surface area contributed by atoms with Crippen molar-refractivity contribution in [3.05, 3.63) is 65.4 Å². The van der Waals surface area contributed by atoms with E-state index in [0.717, 1.165) is 33.3 Å². The Morgan fingerprint density at radius 1 is 1.06 bits per heavy atom. The first kappa shape index (κ1) is 21.1. The molecule has 1 aromatic heterocycles. The lowest BCUT2D eigenvalue weighted by Crippen LogP contribution is -2.53. The lowest BCUT2D eigenvalue weighted by Gasteiger charge is -2.29. The number of carbonyl (C=O) groups is 3. The largest absolute Gasteiger partial charge is 0.383 e. The Hall–Kier alpha value is -3.49. The summed E-state index contributed by atoms with van der Waals surface area (Å²) < 4.78 is 5.15. The molecule has 3 aliphatic heterocycles. The van der Waals surface area contributed by atoms with Crippen LogP contribution in [0.15, 0.2) is 48.7 Å². The van der Waals surface area contributed by atoms with Crippen molar-refractivity contribution in [3.8, 4) is 0 Å². The summed E-state index contributed by atoms with van der Waals surface area (Å²) in [5, 5.41) is 7.59. The number of amides is 3. The van der Waals surface area contributed by atoms with Gasteiger partial charge in [-0.1, -0.05) is 36.4 Å². The number of carbonyl (C=O) groups excluding carboxylic acids is 3. The topological polar surface area (TPSA) is 104 Å². The Morgan fingerprint density at radius 3 is 2.71 bits per heavy atom. The number of para-hydroxylation sites is 2. The van der Waals surface area contributed by atoms with Gasteiger partial charge in [-0.25, -0.2) is 0 Å². The van der Waals surface area contributed by atoms with Crippen LogP contribution in [0.1, 0.15) is 16.7 Å². The number of benzene rings is 2. The van der Waals surface area contributed by atoms with Gasteiger partial charge < -0.3 is 15.0 Å². The molecule has 34 heavy (non-hydrogen) atoms. The lowest BCUT2D eigenvalue weighted by molar-refractivity contribution is -0.143. The van der Waals surface area contributed by atoms with Crippen LogP contribution in [-0.4, -0.2) is 53.9 Å².